The lowest BCUT2D eigenvalue weighted by Crippen LogP contribution is -2.17. The molecule has 0 radical (unpaired) electrons. The molecule has 0 unspecified atom stereocenters. The maximum Gasteiger partial charge on any atom is 0.257 e. The average molecular weight is 320 g/mol. The summed E-state index contributed by atoms with van der Waals surface area (Å²) in [6.07, 6.45) is 0. The third kappa shape index (κ3) is 3.13. The van der Waals surface area contributed by atoms with Gasteiger partial charge in [0.1, 0.15) is 0 Å². The Morgan fingerprint density at radius 1 is 1.21 bits per heavy atom. The van der Waals surface area contributed by atoms with E-state index < -0.39 is 0 Å². The highest BCUT2D eigenvalue weighted by atomic mass is 79.9. The highest BCUT2D eigenvalue weighted by Gasteiger charge is 2.10. The minimum Gasteiger partial charge on any atom is -0.323 e. The Labute approximate surface area is 120 Å². The molecule has 0 bridgehead atoms. The summed E-state index contributed by atoms with van der Waals surface area (Å²) in [6.45, 7) is 1.99. The summed E-state index contributed by atoms with van der Waals surface area (Å²) >= 11 is 3.44. The van der Waals surface area contributed by atoms with Gasteiger partial charge in [-0.1, -0.05) is 34.1 Å². The van der Waals surface area contributed by atoms with Crippen LogP contribution in [-0.4, -0.2) is 5.91 Å². The second-order valence-electron chi connectivity index (χ2n) is 4.11. The van der Waals surface area contributed by atoms with Crippen LogP contribution in [-0.2, 0) is 0 Å². The fourth-order valence-electron chi connectivity index (χ4n) is 1.68. The Hall–Kier alpha value is -1.85. The molecule has 0 heterocycles. The first-order valence-corrected chi connectivity index (χ1v) is 6.54. The molecule has 0 aromatic heterocycles. The van der Waals surface area contributed by atoms with Gasteiger partial charge < -0.3 is 10.7 Å². The maximum absolute atomic E-state index is 12.2. The summed E-state index contributed by atoms with van der Waals surface area (Å²) < 4.78 is 0.954. The van der Waals surface area contributed by atoms with Crippen molar-refractivity contribution in [3.63, 3.8) is 0 Å². The van der Waals surface area contributed by atoms with E-state index in [1.165, 1.54) is 0 Å². The number of carbonyl (C=O) groups is 1. The zero-order valence-corrected chi connectivity index (χ0v) is 12.0. The second kappa shape index (κ2) is 5.86. The van der Waals surface area contributed by atoms with Crippen molar-refractivity contribution in [2.75, 3.05) is 10.7 Å². The molecule has 98 valence electrons. The lowest BCUT2D eigenvalue weighted by Gasteiger charge is -2.10. The quantitative estimate of drug-likeness (QED) is 0.600. The number of aryl methyl sites for hydroxylation is 1. The molecule has 2 aromatic rings. The van der Waals surface area contributed by atoms with Crippen LogP contribution in [0.5, 0.6) is 0 Å². The molecule has 0 aliphatic carbocycles. The van der Waals surface area contributed by atoms with Crippen LogP contribution >= 0.6 is 15.9 Å². The molecular weight excluding hydrogens is 306 g/mol. The van der Waals surface area contributed by atoms with E-state index in [0.29, 0.717) is 11.3 Å². The number of benzene rings is 2. The van der Waals surface area contributed by atoms with E-state index in [4.69, 9.17) is 5.84 Å². The van der Waals surface area contributed by atoms with E-state index in [1.807, 2.05) is 31.2 Å². The third-order valence-corrected chi connectivity index (χ3v) is 3.61. The first-order valence-electron chi connectivity index (χ1n) is 5.75. The molecule has 0 aliphatic rings. The number of nitrogens with one attached hydrogen (secondary N) is 2. The van der Waals surface area contributed by atoms with Crippen LogP contribution in [0.1, 0.15) is 15.9 Å². The largest absolute Gasteiger partial charge is 0.323 e. The van der Waals surface area contributed by atoms with Crippen LogP contribution < -0.4 is 16.6 Å². The average Bonchev–Trinajstić information content (AvgIpc) is 2.43. The van der Waals surface area contributed by atoms with Crippen molar-refractivity contribution in [2.24, 2.45) is 5.84 Å². The number of nitrogen functional groups attached to an aromatic ring is 1. The Balaban J connectivity index is 2.23. The highest BCUT2D eigenvalue weighted by molar-refractivity contribution is 9.10. The third-order valence-electron chi connectivity index (χ3n) is 2.76. The predicted octanol–water partition coefficient (Wildman–Crippen LogP) is 3.30. The minimum atomic E-state index is -0.204. The van der Waals surface area contributed by atoms with Gasteiger partial charge in [0.15, 0.2) is 0 Å². The summed E-state index contributed by atoms with van der Waals surface area (Å²) in [5.41, 5.74) is 5.45. The number of para-hydroxylation sites is 1. The first-order chi connectivity index (χ1) is 9.11. The van der Waals surface area contributed by atoms with Crippen molar-refractivity contribution in [3.05, 3.63) is 58.1 Å². The predicted molar refractivity (Wildman–Crippen MR) is 81.1 cm³/mol. The standard InChI is InChI=1S/C14H14BrN3O/c1-9-6-7-10(8-12(9)15)17-14(19)11-4-2-3-5-13(11)18-16/h2-8,18H,16H2,1H3,(H,17,19). The number of rotatable bonds is 3. The molecule has 0 atom stereocenters. The SMILES string of the molecule is Cc1ccc(NC(=O)c2ccccc2NN)cc1Br. The molecule has 1 amide bonds. The number of hydrogen-bond donors (Lipinski definition) is 3. The maximum atomic E-state index is 12.2. The van der Waals surface area contributed by atoms with Gasteiger partial charge in [0, 0.05) is 10.2 Å². The summed E-state index contributed by atoms with van der Waals surface area (Å²) in [4.78, 5) is 12.2. The van der Waals surface area contributed by atoms with Gasteiger partial charge in [-0.15, -0.1) is 0 Å². The number of hydrazine groups is 1. The summed E-state index contributed by atoms with van der Waals surface area (Å²) in [7, 11) is 0. The zero-order chi connectivity index (χ0) is 13.8. The van der Waals surface area contributed by atoms with E-state index in [0.717, 1.165) is 15.7 Å². The molecule has 0 saturated carbocycles. The molecule has 4 N–H and O–H groups in total. The molecule has 4 nitrogen and oxygen atoms in total. The number of hydrogen-bond acceptors (Lipinski definition) is 3. The monoisotopic (exact) mass is 319 g/mol. The molecule has 0 saturated heterocycles. The summed E-state index contributed by atoms with van der Waals surface area (Å²) in [5, 5.41) is 2.84. The van der Waals surface area contributed by atoms with Crippen LogP contribution in [0.15, 0.2) is 46.9 Å². The van der Waals surface area contributed by atoms with Crippen molar-refractivity contribution in [3.8, 4) is 0 Å². The molecule has 0 fully saturated rings. The van der Waals surface area contributed by atoms with Crippen molar-refractivity contribution in [1.29, 1.82) is 0 Å². The van der Waals surface area contributed by atoms with Gasteiger partial charge in [-0.2, -0.15) is 0 Å². The van der Waals surface area contributed by atoms with E-state index >= 15 is 0 Å². The smallest absolute Gasteiger partial charge is 0.257 e. The van der Waals surface area contributed by atoms with Gasteiger partial charge in [-0.25, -0.2) is 0 Å². The normalized spacial score (nSPS) is 10.1. The van der Waals surface area contributed by atoms with E-state index in [2.05, 4.69) is 26.7 Å². The van der Waals surface area contributed by atoms with E-state index in [9.17, 15) is 4.79 Å². The van der Waals surface area contributed by atoms with Crippen LogP contribution in [0.4, 0.5) is 11.4 Å². The molecule has 19 heavy (non-hydrogen) atoms. The van der Waals surface area contributed by atoms with Gasteiger partial charge in [0.05, 0.1) is 11.3 Å². The molecule has 2 rings (SSSR count). The lowest BCUT2D eigenvalue weighted by atomic mass is 10.1. The fourth-order valence-corrected chi connectivity index (χ4v) is 2.05. The van der Waals surface area contributed by atoms with Gasteiger partial charge in [0.25, 0.3) is 5.91 Å². The Morgan fingerprint density at radius 2 is 1.95 bits per heavy atom. The van der Waals surface area contributed by atoms with Crippen molar-refractivity contribution < 1.29 is 4.79 Å². The number of carbonyl (C=O) groups excluding carboxylic acids is 1. The number of nitrogens with two attached hydrogens (primary N) is 1. The Morgan fingerprint density at radius 3 is 2.63 bits per heavy atom. The van der Waals surface area contributed by atoms with Crippen LogP contribution in [0.25, 0.3) is 0 Å². The van der Waals surface area contributed by atoms with Crippen molar-refractivity contribution in [1.82, 2.24) is 0 Å². The van der Waals surface area contributed by atoms with Crippen molar-refractivity contribution in [2.45, 2.75) is 6.92 Å². The molecule has 0 spiro atoms. The second-order valence-corrected chi connectivity index (χ2v) is 4.96. The molecular formula is C14H14BrN3O. The van der Waals surface area contributed by atoms with Gasteiger partial charge in [-0.05, 0) is 36.8 Å². The molecule has 0 aliphatic heterocycles. The molecule has 2 aromatic carbocycles. The topological polar surface area (TPSA) is 67.2 Å². The minimum absolute atomic E-state index is 0.204. The Bertz CT molecular complexity index is 613. The Kier molecular flexibility index (Phi) is 4.19. The van der Waals surface area contributed by atoms with Crippen molar-refractivity contribution >= 4 is 33.2 Å². The van der Waals surface area contributed by atoms with Gasteiger partial charge >= 0.3 is 0 Å². The number of amides is 1. The van der Waals surface area contributed by atoms with Gasteiger partial charge in [-0.3, -0.25) is 10.6 Å². The fraction of sp³-hybridized carbons (Fsp3) is 0.0714. The number of halogens is 1. The lowest BCUT2D eigenvalue weighted by molar-refractivity contribution is 0.102. The van der Waals surface area contributed by atoms with Crippen LogP contribution in [0, 0.1) is 6.92 Å². The first kappa shape index (κ1) is 13.6. The zero-order valence-electron chi connectivity index (χ0n) is 10.4. The van der Waals surface area contributed by atoms with Crippen LogP contribution in [0.2, 0.25) is 0 Å². The van der Waals surface area contributed by atoms with E-state index in [1.54, 1.807) is 18.2 Å². The van der Waals surface area contributed by atoms with Crippen LogP contribution in [0.3, 0.4) is 0 Å². The highest BCUT2D eigenvalue weighted by Crippen LogP contribution is 2.22. The number of anilines is 2. The van der Waals surface area contributed by atoms with Gasteiger partial charge in [0.2, 0.25) is 0 Å². The summed E-state index contributed by atoms with van der Waals surface area (Å²) in [5.74, 6) is 5.18. The van der Waals surface area contributed by atoms with E-state index in [-0.39, 0.29) is 5.91 Å². The molecule has 5 heteroatoms. The summed E-state index contributed by atoms with van der Waals surface area (Å²) in [6, 6.07) is 12.7.